The van der Waals surface area contributed by atoms with Gasteiger partial charge in [-0.1, -0.05) is 6.42 Å². The number of rotatable bonds is 9. The summed E-state index contributed by atoms with van der Waals surface area (Å²) >= 11 is 0. The summed E-state index contributed by atoms with van der Waals surface area (Å²) in [6, 6.07) is 2.31. The van der Waals surface area contributed by atoms with Crippen molar-refractivity contribution in [1.29, 1.82) is 5.26 Å². The second-order valence-electron chi connectivity index (χ2n) is 4.74. The van der Waals surface area contributed by atoms with E-state index < -0.39 is 0 Å². The third kappa shape index (κ3) is 7.63. The quantitative estimate of drug-likeness (QED) is 0.584. The Balaban J connectivity index is 3.50. The van der Waals surface area contributed by atoms with Crippen molar-refractivity contribution < 1.29 is 9.84 Å². The lowest BCUT2D eigenvalue weighted by atomic mass is 9.89. The molecule has 0 radical (unpaired) electrons. The molecule has 0 heterocycles. The van der Waals surface area contributed by atoms with Crippen LogP contribution in [0.15, 0.2) is 0 Å². The molecule has 0 amide bonds. The van der Waals surface area contributed by atoms with Gasteiger partial charge in [0.2, 0.25) is 0 Å². The van der Waals surface area contributed by atoms with Gasteiger partial charge in [-0.05, 0) is 33.2 Å². The summed E-state index contributed by atoms with van der Waals surface area (Å²) in [6.07, 6.45) is 2.96. The third-order valence-electron chi connectivity index (χ3n) is 2.55. The highest BCUT2D eigenvalue weighted by molar-refractivity contribution is 4.91. The van der Waals surface area contributed by atoms with E-state index in [1.807, 2.05) is 13.8 Å². The molecule has 0 aliphatic carbocycles. The van der Waals surface area contributed by atoms with E-state index in [-0.39, 0.29) is 18.1 Å². The molecule has 94 valence electrons. The molecule has 0 aromatic carbocycles. The number of nitrogens with zero attached hydrogens (tertiary/aromatic N) is 1. The summed E-state index contributed by atoms with van der Waals surface area (Å²) in [7, 11) is 1.62. The highest BCUT2D eigenvalue weighted by Gasteiger charge is 2.15. The van der Waals surface area contributed by atoms with E-state index in [1.165, 1.54) is 0 Å². The smallest absolute Gasteiger partial charge is 0.0683 e. The van der Waals surface area contributed by atoms with Crippen LogP contribution in [0.1, 0.15) is 33.1 Å². The van der Waals surface area contributed by atoms with Crippen molar-refractivity contribution in [3.05, 3.63) is 0 Å². The van der Waals surface area contributed by atoms with E-state index in [4.69, 9.17) is 15.1 Å². The summed E-state index contributed by atoms with van der Waals surface area (Å²) in [6.45, 7) is 5.40. The predicted molar refractivity (Wildman–Crippen MR) is 64.0 cm³/mol. The maximum atomic E-state index is 9.00. The molecular formula is C12H24N2O2. The zero-order chi connectivity index (χ0) is 12.4. The fraction of sp³-hybridized carbons (Fsp3) is 0.917. The molecule has 0 aliphatic rings. The maximum absolute atomic E-state index is 9.00. The molecule has 0 bridgehead atoms. The zero-order valence-electron chi connectivity index (χ0n) is 10.6. The standard InChI is InChI=1S/C12H24N2O2/c1-12(2,10-13)6-4-5-7-14-11(8-15)9-16-3/h11,14-15H,4-9H2,1-3H3. The number of hydrogen-bond acceptors (Lipinski definition) is 4. The van der Waals surface area contributed by atoms with Crippen LogP contribution < -0.4 is 5.32 Å². The Morgan fingerprint density at radius 3 is 2.62 bits per heavy atom. The monoisotopic (exact) mass is 228 g/mol. The van der Waals surface area contributed by atoms with Crippen molar-refractivity contribution in [2.24, 2.45) is 5.41 Å². The summed E-state index contributed by atoms with van der Waals surface area (Å²) in [4.78, 5) is 0. The molecule has 0 rings (SSSR count). The lowest BCUT2D eigenvalue weighted by Crippen LogP contribution is -2.37. The normalized spacial score (nSPS) is 13.4. The third-order valence-corrected chi connectivity index (χ3v) is 2.55. The Morgan fingerprint density at radius 1 is 1.44 bits per heavy atom. The first-order chi connectivity index (χ1) is 7.55. The number of aliphatic hydroxyl groups excluding tert-OH is 1. The Labute approximate surface area is 98.6 Å². The number of methoxy groups -OCH3 is 1. The molecule has 0 aromatic rings. The first-order valence-electron chi connectivity index (χ1n) is 5.80. The van der Waals surface area contributed by atoms with Crippen molar-refractivity contribution in [2.75, 3.05) is 26.9 Å². The summed E-state index contributed by atoms with van der Waals surface area (Å²) in [5.41, 5.74) is -0.219. The van der Waals surface area contributed by atoms with Gasteiger partial charge in [-0.3, -0.25) is 0 Å². The fourth-order valence-corrected chi connectivity index (χ4v) is 1.43. The lowest BCUT2D eigenvalue weighted by molar-refractivity contribution is 0.128. The van der Waals surface area contributed by atoms with E-state index in [0.29, 0.717) is 6.61 Å². The Bertz CT molecular complexity index is 212. The van der Waals surface area contributed by atoms with E-state index >= 15 is 0 Å². The molecule has 2 N–H and O–H groups in total. The minimum Gasteiger partial charge on any atom is -0.395 e. The maximum Gasteiger partial charge on any atom is 0.0683 e. The van der Waals surface area contributed by atoms with Gasteiger partial charge in [0.1, 0.15) is 0 Å². The second kappa shape index (κ2) is 8.51. The fourth-order valence-electron chi connectivity index (χ4n) is 1.43. The molecule has 16 heavy (non-hydrogen) atoms. The van der Waals surface area contributed by atoms with Crippen molar-refractivity contribution >= 4 is 0 Å². The molecule has 0 saturated carbocycles. The lowest BCUT2D eigenvalue weighted by Gasteiger charge is -2.17. The summed E-state index contributed by atoms with van der Waals surface area (Å²) < 4.78 is 4.96. The van der Waals surface area contributed by atoms with E-state index in [1.54, 1.807) is 7.11 Å². The highest BCUT2D eigenvalue weighted by Crippen LogP contribution is 2.21. The number of nitrogens with one attached hydrogen (secondary N) is 1. The van der Waals surface area contributed by atoms with Crippen LogP contribution >= 0.6 is 0 Å². The molecule has 0 fully saturated rings. The van der Waals surface area contributed by atoms with E-state index in [0.717, 1.165) is 25.8 Å². The van der Waals surface area contributed by atoms with Crippen molar-refractivity contribution in [1.82, 2.24) is 5.32 Å². The largest absolute Gasteiger partial charge is 0.395 e. The molecule has 0 saturated heterocycles. The van der Waals surface area contributed by atoms with Crippen LogP contribution in [-0.4, -0.2) is 38.0 Å². The average molecular weight is 228 g/mol. The highest BCUT2D eigenvalue weighted by atomic mass is 16.5. The van der Waals surface area contributed by atoms with Crippen LogP contribution in [0.5, 0.6) is 0 Å². The van der Waals surface area contributed by atoms with Crippen LogP contribution in [-0.2, 0) is 4.74 Å². The van der Waals surface area contributed by atoms with Gasteiger partial charge in [0.25, 0.3) is 0 Å². The van der Waals surface area contributed by atoms with E-state index in [9.17, 15) is 0 Å². The van der Waals surface area contributed by atoms with Crippen molar-refractivity contribution in [3.63, 3.8) is 0 Å². The first-order valence-corrected chi connectivity index (χ1v) is 5.80. The average Bonchev–Trinajstić information content (AvgIpc) is 2.27. The van der Waals surface area contributed by atoms with Crippen LogP contribution in [0.25, 0.3) is 0 Å². The van der Waals surface area contributed by atoms with Gasteiger partial charge >= 0.3 is 0 Å². The summed E-state index contributed by atoms with van der Waals surface area (Å²) in [5.74, 6) is 0. The number of hydrogen-bond donors (Lipinski definition) is 2. The molecule has 1 atom stereocenters. The van der Waals surface area contributed by atoms with E-state index in [2.05, 4.69) is 11.4 Å². The number of ether oxygens (including phenoxy) is 1. The minimum atomic E-state index is -0.219. The molecular weight excluding hydrogens is 204 g/mol. The molecule has 1 unspecified atom stereocenters. The van der Waals surface area contributed by atoms with Gasteiger partial charge < -0.3 is 15.2 Å². The molecule has 4 heteroatoms. The van der Waals surface area contributed by atoms with Crippen molar-refractivity contribution in [3.8, 4) is 6.07 Å². The minimum absolute atomic E-state index is 0.0222. The molecule has 4 nitrogen and oxygen atoms in total. The SMILES string of the molecule is COCC(CO)NCCCCC(C)(C)C#N. The first kappa shape index (κ1) is 15.4. The van der Waals surface area contributed by atoms with Gasteiger partial charge in [0, 0.05) is 7.11 Å². The Kier molecular flexibility index (Phi) is 8.18. The Morgan fingerprint density at radius 2 is 2.12 bits per heavy atom. The van der Waals surface area contributed by atoms with Gasteiger partial charge in [-0.15, -0.1) is 0 Å². The molecule has 0 aliphatic heterocycles. The van der Waals surface area contributed by atoms with Crippen LogP contribution in [0.4, 0.5) is 0 Å². The second-order valence-corrected chi connectivity index (χ2v) is 4.74. The van der Waals surface area contributed by atoms with Crippen LogP contribution in [0.2, 0.25) is 0 Å². The summed E-state index contributed by atoms with van der Waals surface area (Å²) in [5, 5.41) is 21.0. The Hall–Kier alpha value is -0.630. The zero-order valence-corrected chi connectivity index (χ0v) is 10.6. The van der Waals surface area contributed by atoms with Gasteiger partial charge in [-0.25, -0.2) is 0 Å². The van der Waals surface area contributed by atoms with Crippen molar-refractivity contribution in [2.45, 2.75) is 39.2 Å². The predicted octanol–water partition coefficient (Wildman–Crippen LogP) is 1.30. The van der Waals surface area contributed by atoms with Gasteiger partial charge in [0.15, 0.2) is 0 Å². The van der Waals surface area contributed by atoms with Gasteiger partial charge in [0.05, 0.1) is 30.7 Å². The van der Waals surface area contributed by atoms with Crippen LogP contribution in [0, 0.1) is 16.7 Å². The number of unbranched alkanes of at least 4 members (excludes halogenated alkanes) is 1. The molecule has 0 aromatic heterocycles. The van der Waals surface area contributed by atoms with Gasteiger partial charge in [-0.2, -0.15) is 5.26 Å². The topological polar surface area (TPSA) is 65.3 Å². The van der Waals surface area contributed by atoms with Crippen LogP contribution in [0.3, 0.4) is 0 Å². The molecule has 0 spiro atoms. The number of aliphatic hydroxyl groups is 1. The number of nitriles is 1.